The minimum absolute atomic E-state index is 0.686. The minimum Gasteiger partial charge on any atom is -0.481 e. The first-order chi connectivity index (χ1) is 9.35. The molecule has 2 fully saturated rings. The van der Waals surface area contributed by atoms with Crippen molar-refractivity contribution in [1.82, 2.24) is 20.1 Å². The van der Waals surface area contributed by atoms with E-state index < -0.39 is 0 Å². The Hall–Kier alpha value is -1.17. The van der Waals surface area contributed by atoms with Crippen molar-refractivity contribution in [2.45, 2.75) is 12.6 Å². The van der Waals surface area contributed by atoms with E-state index in [0.29, 0.717) is 5.88 Å². The molecule has 1 aromatic heterocycles. The number of piperazine rings is 1. The lowest BCUT2D eigenvalue weighted by molar-refractivity contribution is 0.0222. The molecular formula is C14H22N4O. The molecule has 0 unspecified atom stereocenters. The summed E-state index contributed by atoms with van der Waals surface area (Å²) in [5, 5.41) is 3.40. The Balaban J connectivity index is 1.45. The van der Waals surface area contributed by atoms with Crippen molar-refractivity contribution in [2.24, 2.45) is 0 Å². The molecule has 0 spiro atoms. The van der Waals surface area contributed by atoms with Crippen molar-refractivity contribution in [3.8, 4) is 5.88 Å². The zero-order valence-electron chi connectivity index (χ0n) is 11.5. The van der Waals surface area contributed by atoms with E-state index in [0.717, 1.165) is 25.7 Å². The lowest BCUT2D eigenvalue weighted by atomic mass is 10.1. The van der Waals surface area contributed by atoms with Crippen molar-refractivity contribution in [3.05, 3.63) is 23.9 Å². The summed E-state index contributed by atoms with van der Waals surface area (Å²) in [5.74, 6) is 0.686. The fourth-order valence-electron chi connectivity index (χ4n) is 2.83. The number of nitrogens with zero attached hydrogens (tertiary/aromatic N) is 3. The third kappa shape index (κ3) is 3.05. The van der Waals surface area contributed by atoms with E-state index in [4.69, 9.17) is 4.74 Å². The average molecular weight is 262 g/mol. The topological polar surface area (TPSA) is 40.6 Å². The number of ether oxygens (including phenoxy) is 1. The van der Waals surface area contributed by atoms with Crippen molar-refractivity contribution in [3.63, 3.8) is 0 Å². The van der Waals surface area contributed by atoms with Gasteiger partial charge < -0.3 is 10.1 Å². The van der Waals surface area contributed by atoms with Crippen LogP contribution in [0.2, 0.25) is 0 Å². The number of pyridine rings is 1. The minimum atomic E-state index is 0.686. The Bertz CT molecular complexity index is 396. The Labute approximate surface area is 114 Å². The molecule has 19 heavy (non-hydrogen) atoms. The second kappa shape index (κ2) is 5.86. The van der Waals surface area contributed by atoms with Crippen molar-refractivity contribution in [2.75, 3.05) is 46.4 Å². The summed E-state index contributed by atoms with van der Waals surface area (Å²) in [6, 6.07) is 4.79. The van der Waals surface area contributed by atoms with Crippen LogP contribution in [0.3, 0.4) is 0 Å². The summed E-state index contributed by atoms with van der Waals surface area (Å²) in [6.45, 7) is 8.04. The normalized spacial score (nSPS) is 22.2. The third-order valence-electron chi connectivity index (χ3n) is 4.02. The molecule has 0 amide bonds. The van der Waals surface area contributed by atoms with Crippen molar-refractivity contribution >= 4 is 0 Å². The van der Waals surface area contributed by atoms with Crippen molar-refractivity contribution < 1.29 is 4.74 Å². The van der Waals surface area contributed by atoms with Crippen LogP contribution in [-0.2, 0) is 6.54 Å². The van der Waals surface area contributed by atoms with Crippen LogP contribution >= 0.6 is 0 Å². The predicted octanol–water partition coefficient (Wildman–Crippen LogP) is 0.180. The number of rotatable bonds is 4. The maximum atomic E-state index is 5.07. The Kier molecular flexibility index (Phi) is 3.96. The second-order valence-electron chi connectivity index (χ2n) is 5.34. The molecule has 1 N–H and O–H groups in total. The summed E-state index contributed by atoms with van der Waals surface area (Å²) in [5.41, 5.74) is 1.26. The van der Waals surface area contributed by atoms with Crippen LogP contribution in [0.1, 0.15) is 5.56 Å². The van der Waals surface area contributed by atoms with E-state index in [-0.39, 0.29) is 0 Å². The Morgan fingerprint density at radius 3 is 2.74 bits per heavy atom. The van der Waals surface area contributed by atoms with Crippen LogP contribution in [0, 0.1) is 0 Å². The van der Waals surface area contributed by atoms with E-state index in [1.165, 1.54) is 31.7 Å². The molecule has 2 aliphatic heterocycles. The summed E-state index contributed by atoms with van der Waals surface area (Å²) in [6.07, 6.45) is 1.91. The van der Waals surface area contributed by atoms with Crippen LogP contribution in [0.25, 0.3) is 0 Å². The standard InChI is InChI=1S/C14H22N4O/c1-19-14-3-2-12(8-16-14)9-17-10-13(11-17)18-6-4-15-5-7-18/h2-3,8,13,15H,4-7,9-11H2,1H3. The number of likely N-dealkylation sites (tertiary alicyclic amines) is 1. The molecule has 2 aliphatic rings. The second-order valence-corrected chi connectivity index (χ2v) is 5.34. The maximum absolute atomic E-state index is 5.07. The van der Waals surface area contributed by atoms with Crippen LogP contribution in [0.5, 0.6) is 5.88 Å². The third-order valence-corrected chi connectivity index (χ3v) is 4.02. The molecule has 3 heterocycles. The van der Waals surface area contributed by atoms with Gasteiger partial charge in [-0.05, 0) is 5.56 Å². The van der Waals surface area contributed by atoms with E-state index in [1.54, 1.807) is 7.11 Å². The molecular weight excluding hydrogens is 240 g/mol. The molecule has 0 bridgehead atoms. The first-order valence-electron chi connectivity index (χ1n) is 7.01. The molecule has 0 radical (unpaired) electrons. The molecule has 5 nitrogen and oxygen atoms in total. The Morgan fingerprint density at radius 1 is 1.32 bits per heavy atom. The lowest BCUT2D eigenvalue weighted by Crippen LogP contribution is -2.62. The first-order valence-corrected chi connectivity index (χ1v) is 7.01. The van der Waals surface area contributed by atoms with Gasteiger partial charge in [-0.3, -0.25) is 9.80 Å². The molecule has 0 aromatic carbocycles. The fourth-order valence-corrected chi connectivity index (χ4v) is 2.83. The molecule has 0 saturated carbocycles. The predicted molar refractivity (Wildman–Crippen MR) is 74.3 cm³/mol. The number of hydrogen-bond donors (Lipinski definition) is 1. The monoisotopic (exact) mass is 262 g/mol. The fraction of sp³-hybridized carbons (Fsp3) is 0.643. The smallest absolute Gasteiger partial charge is 0.212 e. The van der Waals surface area contributed by atoms with Gasteiger partial charge >= 0.3 is 0 Å². The van der Waals surface area contributed by atoms with E-state index in [1.807, 2.05) is 12.3 Å². The molecule has 1 aromatic rings. The van der Waals surface area contributed by atoms with Gasteiger partial charge in [0.2, 0.25) is 5.88 Å². The average Bonchev–Trinajstić information content (AvgIpc) is 2.44. The molecule has 0 atom stereocenters. The van der Waals surface area contributed by atoms with E-state index in [2.05, 4.69) is 26.2 Å². The van der Waals surface area contributed by atoms with Gasteiger partial charge in [0.15, 0.2) is 0 Å². The molecule has 5 heteroatoms. The Morgan fingerprint density at radius 2 is 2.11 bits per heavy atom. The van der Waals surface area contributed by atoms with Crippen LogP contribution < -0.4 is 10.1 Å². The highest BCUT2D eigenvalue weighted by Crippen LogP contribution is 2.18. The number of nitrogens with one attached hydrogen (secondary N) is 1. The summed E-state index contributed by atoms with van der Waals surface area (Å²) < 4.78 is 5.07. The van der Waals surface area contributed by atoms with Gasteiger partial charge in [-0.1, -0.05) is 6.07 Å². The highest BCUT2D eigenvalue weighted by atomic mass is 16.5. The lowest BCUT2D eigenvalue weighted by Gasteiger charge is -2.46. The van der Waals surface area contributed by atoms with E-state index >= 15 is 0 Å². The zero-order chi connectivity index (χ0) is 13.1. The molecule has 2 saturated heterocycles. The molecule has 0 aliphatic carbocycles. The molecule has 104 valence electrons. The molecule has 3 rings (SSSR count). The highest BCUT2D eigenvalue weighted by Gasteiger charge is 2.31. The van der Waals surface area contributed by atoms with Gasteiger partial charge in [0.1, 0.15) is 0 Å². The van der Waals surface area contributed by atoms with Gasteiger partial charge in [-0.2, -0.15) is 0 Å². The van der Waals surface area contributed by atoms with Gasteiger partial charge in [-0.25, -0.2) is 4.98 Å². The van der Waals surface area contributed by atoms with Gasteiger partial charge in [-0.15, -0.1) is 0 Å². The quantitative estimate of drug-likeness (QED) is 0.838. The first kappa shape index (κ1) is 12.8. The number of methoxy groups -OCH3 is 1. The largest absolute Gasteiger partial charge is 0.481 e. The number of aromatic nitrogens is 1. The van der Waals surface area contributed by atoms with E-state index in [9.17, 15) is 0 Å². The van der Waals surface area contributed by atoms with Crippen LogP contribution in [-0.4, -0.2) is 67.2 Å². The highest BCUT2D eigenvalue weighted by molar-refractivity contribution is 5.18. The van der Waals surface area contributed by atoms with Crippen molar-refractivity contribution in [1.29, 1.82) is 0 Å². The van der Waals surface area contributed by atoms with Gasteiger partial charge in [0, 0.05) is 64.1 Å². The summed E-state index contributed by atoms with van der Waals surface area (Å²) in [4.78, 5) is 9.34. The summed E-state index contributed by atoms with van der Waals surface area (Å²) >= 11 is 0. The SMILES string of the molecule is COc1ccc(CN2CC(N3CCNCC3)C2)cn1. The van der Waals surface area contributed by atoms with Crippen LogP contribution in [0.15, 0.2) is 18.3 Å². The van der Waals surface area contributed by atoms with Gasteiger partial charge in [0.25, 0.3) is 0 Å². The van der Waals surface area contributed by atoms with Gasteiger partial charge in [0.05, 0.1) is 7.11 Å². The van der Waals surface area contributed by atoms with Crippen LogP contribution in [0.4, 0.5) is 0 Å². The maximum Gasteiger partial charge on any atom is 0.212 e. The number of hydrogen-bond acceptors (Lipinski definition) is 5. The zero-order valence-corrected chi connectivity index (χ0v) is 11.5. The summed E-state index contributed by atoms with van der Waals surface area (Å²) in [7, 11) is 1.65.